The van der Waals surface area contributed by atoms with Gasteiger partial charge < -0.3 is 4.90 Å². The molecule has 4 heterocycles. The second kappa shape index (κ2) is 6.12. The molecule has 1 saturated heterocycles. The van der Waals surface area contributed by atoms with Crippen LogP contribution in [0, 0.1) is 0 Å². The van der Waals surface area contributed by atoms with E-state index >= 15 is 0 Å². The van der Waals surface area contributed by atoms with Crippen molar-refractivity contribution in [2.75, 3.05) is 13.1 Å². The standard InChI is InChI=1S/C18H19N7O/c26-18(16-19-8-1-9-20-16)24-10-6-13(7-11-24)17-22-21-15-5-4-14(12-2-3-12)23-25(15)17/h1,4-5,8-9,12-13H,2-3,6-7,10-11H2. The van der Waals surface area contributed by atoms with Gasteiger partial charge in [0.2, 0.25) is 5.82 Å². The maximum Gasteiger partial charge on any atom is 0.291 e. The first-order chi connectivity index (χ1) is 12.8. The Balaban J connectivity index is 1.33. The normalized spacial score (nSPS) is 18.4. The number of piperidine rings is 1. The van der Waals surface area contributed by atoms with Crippen LogP contribution >= 0.6 is 0 Å². The Morgan fingerprint density at radius 3 is 2.46 bits per heavy atom. The van der Waals surface area contributed by atoms with Crippen LogP contribution in [-0.4, -0.2) is 53.7 Å². The predicted molar refractivity (Wildman–Crippen MR) is 92.7 cm³/mol. The molecule has 0 aromatic carbocycles. The summed E-state index contributed by atoms with van der Waals surface area (Å²) in [6.45, 7) is 1.33. The van der Waals surface area contributed by atoms with Crippen molar-refractivity contribution in [3.8, 4) is 0 Å². The molecule has 0 atom stereocenters. The van der Waals surface area contributed by atoms with E-state index < -0.39 is 0 Å². The summed E-state index contributed by atoms with van der Waals surface area (Å²) in [6.07, 6.45) is 7.32. The summed E-state index contributed by atoms with van der Waals surface area (Å²) < 4.78 is 1.90. The fraction of sp³-hybridized carbons (Fsp3) is 0.444. The molecule has 26 heavy (non-hydrogen) atoms. The molecule has 1 saturated carbocycles. The van der Waals surface area contributed by atoms with E-state index in [1.807, 2.05) is 15.5 Å². The van der Waals surface area contributed by atoms with Crippen molar-refractivity contribution in [1.82, 2.24) is 34.7 Å². The average Bonchev–Trinajstić information content (AvgIpc) is 3.47. The molecule has 2 aliphatic rings. The average molecular weight is 349 g/mol. The Morgan fingerprint density at radius 1 is 0.962 bits per heavy atom. The number of fused-ring (bicyclic) bond motifs is 1. The monoisotopic (exact) mass is 349 g/mol. The summed E-state index contributed by atoms with van der Waals surface area (Å²) in [5.74, 6) is 1.91. The lowest BCUT2D eigenvalue weighted by atomic mass is 9.96. The minimum atomic E-state index is -0.107. The van der Waals surface area contributed by atoms with Crippen molar-refractivity contribution < 1.29 is 4.79 Å². The third-order valence-electron chi connectivity index (χ3n) is 5.21. The predicted octanol–water partition coefficient (Wildman–Crippen LogP) is 1.81. The molecule has 0 bridgehead atoms. The van der Waals surface area contributed by atoms with Gasteiger partial charge in [0.1, 0.15) is 0 Å². The van der Waals surface area contributed by atoms with Gasteiger partial charge in [-0.25, -0.2) is 9.97 Å². The molecule has 132 valence electrons. The third kappa shape index (κ3) is 2.71. The third-order valence-corrected chi connectivity index (χ3v) is 5.21. The second-order valence-electron chi connectivity index (χ2n) is 7.00. The lowest BCUT2D eigenvalue weighted by Gasteiger charge is -2.30. The zero-order chi connectivity index (χ0) is 17.5. The van der Waals surface area contributed by atoms with Crippen LogP contribution in [0.2, 0.25) is 0 Å². The van der Waals surface area contributed by atoms with E-state index in [1.54, 1.807) is 18.5 Å². The number of nitrogens with zero attached hydrogens (tertiary/aromatic N) is 7. The summed E-state index contributed by atoms with van der Waals surface area (Å²) in [7, 11) is 0. The minimum absolute atomic E-state index is 0.107. The van der Waals surface area contributed by atoms with Crippen LogP contribution < -0.4 is 0 Å². The molecule has 1 amide bonds. The first-order valence-corrected chi connectivity index (χ1v) is 9.08. The van der Waals surface area contributed by atoms with E-state index in [4.69, 9.17) is 5.10 Å². The maximum atomic E-state index is 12.5. The highest BCUT2D eigenvalue weighted by Crippen LogP contribution is 2.39. The highest BCUT2D eigenvalue weighted by atomic mass is 16.2. The van der Waals surface area contributed by atoms with Gasteiger partial charge in [-0.3, -0.25) is 4.79 Å². The molecule has 3 aromatic heterocycles. The summed E-state index contributed by atoms with van der Waals surface area (Å²) in [4.78, 5) is 22.4. The van der Waals surface area contributed by atoms with Gasteiger partial charge in [-0.15, -0.1) is 10.2 Å². The Morgan fingerprint density at radius 2 is 1.73 bits per heavy atom. The fourth-order valence-electron chi connectivity index (χ4n) is 3.56. The summed E-state index contributed by atoms with van der Waals surface area (Å²) in [6, 6.07) is 5.78. The summed E-state index contributed by atoms with van der Waals surface area (Å²) in [5, 5.41) is 13.4. The van der Waals surface area contributed by atoms with Gasteiger partial charge in [0.05, 0.1) is 5.69 Å². The number of carbonyl (C=O) groups excluding carboxylic acids is 1. The number of hydrogen-bond donors (Lipinski definition) is 0. The summed E-state index contributed by atoms with van der Waals surface area (Å²) in [5.41, 5.74) is 1.92. The zero-order valence-electron chi connectivity index (χ0n) is 14.3. The lowest BCUT2D eigenvalue weighted by molar-refractivity contribution is 0.0698. The zero-order valence-corrected chi connectivity index (χ0v) is 14.3. The van der Waals surface area contributed by atoms with Gasteiger partial charge in [-0.2, -0.15) is 9.61 Å². The van der Waals surface area contributed by atoms with Crippen LogP contribution in [0.4, 0.5) is 0 Å². The highest BCUT2D eigenvalue weighted by Gasteiger charge is 2.30. The Hall–Kier alpha value is -2.90. The van der Waals surface area contributed by atoms with Crippen LogP contribution in [0.5, 0.6) is 0 Å². The molecule has 8 heteroatoms. The first kappa shape index (κ1) is 15.4. The molecular formula is C18H19N7O. The van der Waals surface area contributed by atoms with E-state index in [1.165, 1.54) is 12.8 Å². The second-order valence-corrected chi connectivity index (χ2v) is 7.00. The molecule has 1 aliphatic carbocycles. The van der Waals surface area contributed by atoms with Crippen molar-refractivity contribution in [1.29, 1.82) is 0 Å². The minimum Gasteiger partial charge on any atom is -0.336 e. The van der Waals surface area contributed by atoms with Crippen LogP contribution in [0.25, 0.3) is 5.65 Å². The Labute approximate surface area is 150 Å². The highest BCUT2D eigenvalue weighted by molar-refractivity contribution is 5.90. The number of aromatic nitrogens is 6. The molecule has 0 unspecified atom stereocenters. The number of amides is 1. The topological polar surface area (TPSA) is 89.2 Å². The quantitative estimate of drug-likeness (QED) is 0.716. The van der Waals surface area contributed by atoms with E-state index in [0.717, 1.165) is 30.0 Å². The Kier molecular flexibility index (Phi) is 3.62. The van der Waals surface area contributed by atoms with E-state index in [0.29, 0.717) is 19.0 Å². The number of hydrogen-bond acceptors (Lipinski definition) is 6. The molecule has 0 radical (unpaired) electrons. The number of likely N-dealkylation sites (tertiary alicyclic amines) is 1. The van der Waals surface area contributed by atoms with Gasteiger partial charge in [-0.05, 0) is 43.9 Å². The first-order valence-electron chi connectivity index (χ1n) is 9.08. The maximum absolute atomic E-state index is 12.5. The number of carbonyl (C=O) groups is 1. The molecule has 1 aliphatic heterocycles. The summed E-state index contributed by atoms with van der Waals surface area (Å²) >= 11 is 0. The number of rotatable bonds is 3. The lowest BCUT2D eigenvalue weighted by Crippen LogP contribution is -2.39. The van der Waals surface area contributed by atoms with Crippen molar-refractivity contribution in [2.45, 2.75) is 37.5 Å². The van der Waals surface area contributed by atoms with Gasteiger partial charge in [0, 0.05) is 37.3 Å². The van der Waals surface area contributed by atoms with Crippen LogP contribution in [0.1, 0.15) is 59.7 Å². The van der Waals surface area contributed by atoms with Gasteiger partial charge in [0.25, 0.3) is 5.91 Å². The van der Waals surface area contributed by atoms with E-state index in [2.05, 4.69) is 26.2 Å². The Bertz CT molecular complexity index is 943. The van der Waals surface area contributed by atoms with E-state index in [9.17, 15) is 4.79 Å². The van der Waals surface area contributed by atoms with Gasteiger partial charge >= 0.3 is 0 Å². The molecule has 3 aromatic rings. The fourth-order valence-corrected chi connectivity index (χ4v) is 3.56. The SMILES string of the molecule is O=C(c1ncccn1)N1CCC(c2nnc3ccc(C4CC4)nn23)CC1. The molecule has 8 nitrogen and oxygen atoms in total. The van der Waals surface area contributed by atoms with Crippen molar-refractivity contribution in [2.24, 2.45) is 0 Å². The van der Waals surface area contributed by atoms with Crippen molar-refractivity contribution >= 4 is 11.6 Å². The smallest absolute Gasteiger partial charge is 0.291 e. The van der Waals surface area contributed by atoms with Crippen molar-refractivity contribution in [3.63, 3.8) is 0 Å². The molecule has 0 spiro atoms. The molecule has 0 N–H and O–H groups in total. The van der Waals surface area contributed by atoms with Crippen molar-refractivity contribution in [3.05, 3.63) is 47.9 Å². The molecule has 2 fully saturated rings. The van der Waals surface area contributed by atoms with Gasteiger partial charge in [0.15, 0.2) is 11.5 Å². The van der Waals surface area contributed by atoms with E-state index in [-0.39, 0.29) is 17.6 Å². The van der Waals surface area contributed by atoms with Gasteiger partial charge in [-0.1, -0.05) is 0 Å². The van der Waals surface area contributed by atoms with Crippen LogP contribution in [0.15, 0.2) is 30.6 Å². The molecular weight excluding hydrogens is 330 g/mol. The largest absolute Gasteiger partial charge is 0.336 e. The molecule has 5 rings (SSSR count). The van der Waals surface area contributed by atoms with Crippen LogP contribution in [0.3, 0.4) is 0 Å². The van der Waals surface area contributed by atoms with Crippen LogP contribution in [-0.2, 0) is 0 Å².